The van der Waals surface area contributed by atoms with Gasteiger partial charge >= 0.3 is 5.97 Å². The molecule has 0 amide bonds. The standard InChI is InChI=1S/C13H23NO5S/c1-19-13(16)12-7-11(15)8-14(12)20(17,18)9-10-5-3-2-4-6-10/h10-12,15H,2-9H2,1H3. The van der Waals surface area contributed by atoms with E-state index in [1.54, 1.807) is 0 Å². The number of nitrogens with zero attached hydrogens (tertiary/aromatic N) is 1. The predicted molar refractivity (Wildman–Crippen MR) is 73.5 cm³/mol. The molecular weight excluding hydrogens is 282 g/mol. The van der Waals surface area contributed by atoms with Gasteiger partial charge in [-0.3, -0.25) is 4.79 Å². The zero-order valence-electron chi connectivity index (χ0n) is 11.8. The van der Waals surface area contributed by atoms with Gasteiger partial charge in [0.25, 0.3) is 0 Å². The summed E-state index contributed by atoms with van der Waals surface area (Å²) in [6, 6.07) is -0.872. The number of hydrogen-bond donors (Lipinski definition) is 1. The molecule has 2 aliphatic rings. The van der Waals surface area contributed by atoms with E-state index in [9.17, 15) is 18.3 Å². The Balaban J connectivity index is 2.08. The number of esters is 1. The number of carbonyl (C=O) groups excluding carboxylic acids is 1. The molecule has 2 rings (SSSR count). The van der Waals surface area contributed by atoms with Crippen LogP contribution in [0.5, 0.6) is 0 Å². The Morgan fingerprint density at radius 3 is 2.55 bits per heavy atom. The molecule has 116 valence electrons. The highest BCUT2D eigenvalue weighted by atomic mass is 32.2. The zero-order valence-corrected chi connectivity index (χ0v) is 12.6. The third kappa shape index (κ3) is 3.51. The minimum atomic E-state index is -3.52. The lowest BCUT2D eigenvalue weighted by atomic mass is 9.91. The Bertz CT molecular complexity index is 444. The molecule has 1 heterocycles. The maximum absolute atomic E-state index is 12.5. The predicted octanol–water partition coefficient (Wildman–Crippen LogP) is 0.505. The van der Waals surface area contributed by atoms with Crippen LogP contribution >= 0.6 is 0 Å². The monoisotopic (exact) mass is 305 g/mol. The first-order valence-corrected chi connectivity index (χ1v) is 8.80. The summed E-state index contributed by atoms with van der Waals surface area (Å²) in [6.07, 6.45) is 4.50. The summed E-state index contributed by atoms with van der Waals surface area (Å²) in [5.74, 6) is -0.341. The summed E-state index contributed by atoms with van der Waals surface area (Å²) < 4.78 is 30.7. The lowest BCUT2D eigenvalue weighted by Gasteiger charge is -2.26. The van der Waals surface area contributed by atoms with Crippen LogP contribution in [0.4, 0.5) is 0 Å². The highest BCUT2D eigenvalue weighted by Gasteiger charge is 2.44. The van der Waals surface area contributed by atoms with Crippen molar-refractivity contribution in [2.24, 2.45) is 5.92 Å². The molecule has 0 aromatic heterocycles. The average molecular weight is 305 g/mol. The number of methoxy groups -OCH3 is 1. The van der Waals surface area contributed by atoms with Crippen LogP contribution in [0.25, 0.3) is 0 Å². The van der Waals surface area contributed by atoms with E-state index in [0.29, 0.717) is 0 Å². The van der Waals surface area contributed by atoms with Crippen LogP contribution in [0, 0.1) is 5.92 Å². The first-order chi connectivity index (χ1) is 9.44. The Kier molecular flexibility index (Phi) is 5.04. The van der Waals surface area contributed by atoms with Crippen LogP contribution in [-0.4, -0.2) is 55.4 Å². The summed E-state index contributed by atoms with van der Waals surface area (Å²) in [5, 5.41) is 9.67. The van der Waals surface area contributed by atoms with Gasteiger partial charge in [0.1, 0.15) is 6.04 Å². The van der Waals surface area contributed by atoms with Crippen molar-refractivity contribution in [2.75, 3.05) is 19.4 Å². The summed E-state index contributed by atoms with van der Waals surface area (Å²) in [4.78, 5) is 11.7. The Labute approximate surface area is 120 Å². The van der Waals surface area contributed by atoms with Crippen molar-refractivity contribution in [1.82, 2.24) is 4.31 Å². The summed E-state index contributed by atoms with van der Waals surface area (Å²) in [5.41, 5.74) is 0. The van der Waals surface area contributed by atoms with Crippen LogP contribution in [0.2, 0.25) is 0 Å². The number of aliphatic hydroxyl groups is 1. The smallest absolute Gasteiger partial charge is 0.324 e. The number of rotatable bonds is 4. The van der Waals surface area contributed by atoms with Gasteiger partial charge in [-0.25, -0.2) is 8.42 Å². The first-order valence-electron chi connectivity index (χ1n) is 7.19. The third-order valence-electron chi connectivity index (χ3n) is 4.24. The lowest BCUT2D eigenvalue weighted by Crippen LogP contribution is -2.43. The van der Waals surface area contributed by atoms with Gasteiger partial charge < -0.3 is 9.84 Å². The molecule has 1 N–H and O–H groups in total. The maximum atomic E-state index is 12.5. The first kappa shape index (κ1) is 15.7. The molecule has 1 aliphatic heterocycles. The van der Waals surface area contributed by atoms with E-state index in [2.05, 4.69) is 4.74 Å². The molecule has 0 aromatic rings. The van der Waals surface area contributed by atoms with Gasteiger partial charge in [0.2, 0.25) is 10.0 Å². The minimum absolute atomic E-state index is 0.00514. The fourth-order valence-electron chi connectivity index (χ4n) is 3.19. The number of sulfonamides is 1. The second-order valence-electron chi connectivity index (χ2n) is 5.78. The van der Waals surface area contributed by atoms with Gasteiger partial charge in [0.05, 0.1) is 19.0 Å². The van der Waals surface area contributed by atoms with E-state index in [4.69, 9.17) is 0 Å². The van der Waals surface area contributed by atoms with Crippen molar-refractivity contribution in [3.05, 3.63) is 0 Å². The van der Waals surface area contributed by atoms with Gasteiger partial charge in [-0.2, -0.15) is 4.31 Å². The molecule has 6 nitrogen and oxygen atoms in total. The Hall–Kier alpha value is -0.660. The van der Waals surface area contributed by atoms with Crippen LogP contribution in [0.3, 0.4) is 0 Å². The molecule has 0 radical (unpaired) electrons. The summed E-state index contributed by atoms with van der Waals surface area (Å²) in [7, 11) is -2.29. The number of aliphatic hydroxyl groups excluding tert-OH is 1. The van der Waals surface area contributed by atoms with Gasteiger partial charge in [-0.05, 0) is 18.8 Å². The van der Waals surface area contributed by atoms with Crippen LogP contribution in [0.1, 0.15) is 38.5 Å². The van der Waals surface area contributed by atoms with E-state index in [1.165, 1.54) is 13.5 Å². The van der Waals surface area contributed by atoms with E-state index < -0.39 is 28.1 Å². The van der Waals surface area contributed by atoms with Crippen LogP contribution < -0.4 is 0 Å². The number of β-amino-alcohol motifs (C(OH)–C–C–N with tert-alkyl or cyclic N) is 1. The molecule has 1 saturated carbocycles. The minimum Gasteiger partial charge on any atom is -0.468 e. The average Bonchev–Trinajstić information content (AvgIpc) is 2.81. The maximum Gasteiger partial charge on any atom is 0.324 e. The van der Waals surface area contributed by atoms with E-state index in [-0.39, 0.29) is 24.6 Å². The topological polar surface area (TPSA) is 83.9 Å². The molecule has 2 atom stereocenters. The van der Waals surface area contributed by atoms with Crippen molar-refractivity contribution < 1.29 is 23.1 Å². The molecule has 20 heavy (non-hydrogen) atoms. The molecule has 0 bridgehead atoms. The molecule has 1 aliphatic carbocycles. The Morgan fingerprint density at radius 1 is 1.30 bits per heavy atom. The van der Waals surface area contributed by atoms with Crippen LogP contribution in [0.15, 0.2) is 0 Å². The second kappa shape index (κ2) is 6.41. The van der Waals surface area contributed by atoms with Crippen molar-refractivity contribution in [1.29, 1.82) is 0 Å². The number of hydrogen-bond acceptors (Lipinski definition) is 5. The fraction of sp³-hybridized carbons (Fsp3) is 0.923. The highest BCUT2D eigenvalue weighted by Crippen LogP contribution is 2.29. The quantitative estimate of drug-likeness (QED) is 0.765. The SMILES string of the molecule is COC(=O)C1CC(O)CN1S(=O)(=O)CC1CCCCC1. The van der Waals surface area contributed by atoms with Crippen molar-refractivity contribution in [3.63, 3.8) is 0 Å². The van der Waals surface area contributed by atoms with Gasteiger partial charge in [0.15, 0.2) is 0 Å². The van der Waals surface area contributed by atoms with E-state index in [0.717, 1.165) is 30.0 Å². The summed E-state index contributed by atoms with van der Waals surface area (Å²) >= 11 is 0. The van der Waals surface area contributed by atoms with Gasteiger partial charge in [0, 0.05) is 13.0 Å². The zero-order chi connectivity index (χ0) is 14.8. The largest absolute Gasteiger partial charge is 0.468 e. The molecule has 2 unspecified atom stereocenters. The van der Waals surface area contributed by atoms with Crippen molar-refractivity contribution >= 4 is 16.0 Å². The molecular formula is C13H23NO5S. The molecule has 7 heteroatoms. The second-order valence-corrected chi connectivity index (χ2v) is 7.75. The number of carbonyl (C=O) groups is 1. The van der Waals surface area contributed by atoms with E-state index >= 15 is 0 Å². The van der Waals surface area contributed by atoms with Crippen molar-refractivity contribution in [3.8, 4) is 0 Å². The molecule has 0 spiro atoms. The third-order valence-corrected chi connectivity index (χ3v) is 6.25. The van der Waals surface area contributed by atoms with Crippen molar-refractivity contribution in [2.45, 2.75) is 50.7 Å². The molecule has 2 fully saturated rings. The van der Waals surface area contributed by atoms with Gasteiger partial charge in [-0.15, -0.1) is 0 Å². The van der Waals surface area contributed by atoms with Crippen LogP contribution in [-0.2, 0) is 19.6 Å². The number of ether oxygens (including phenoxy) is 1. The molecule has 0 aromatic carbocycles. The van der Waals surface area contributed by atoms with E-state index in [1.807, 2.05) is 0 Å². The lowest BCUT2D eigenvalue weighted by molar-refractivity contribution is -0.144. The fourth-order valence-corrected chi connectivity index (χ4v) is 5.27. The Morgan fingerprint density at radius 2 is 1.95 bits per heavy atom. The van der Waals surface area contributed by atoms with Gasteiger partial charge in [-0.1, -0.05) is 19.3 Å². The summed E-state index contributed by atoms with van der Waals surface area (Å²) in [6.45, 7) is -0.00514. The normalized spacial score (nSPS) is 29.5. The highest BCUT2D eigenvalue weighted by molar-refractivity contribution is 7.89. The molecule has 1 saturated heterocycles.